The van der Waals surface area contributed by atoms with E-state index in [9.17, 15) is 4.79 Å². The summed E-state index contributed by atoms with van der Waals surface area (Å²) >= 11 is 1.67. The largest absolute Gasteiger partial charge is 0.494 e. The number of rotatable bonds is 5. The highest BCUT2D eigenvalue weighted by Crippen LogP contribution is 2.32. The maximum absolute atomic E-state index is 12.8. The standard InChI is InChI=1S/C20H25N5O2S/c1-4-25-14(3)12-17(22-25)19(26)23-8-10-24(11-9-23)20-21-16-7-6-15(27-5-2)13-18(16)28-20/h6-7,12-13H,4-5,8-11H2,1-3H3. The number of thiazole rings is 1. The minimum atomic E-state index is 0.0145. The molecule has 3 aromatic rings. The molecule has 0 unspecified atom stereocenters. The zero-order chi connectivity index (χ0) is 19.7. The maximum atomic E-state index is 12.8. The van der Waals surface area contributed by atoms with Crippen LogP contribution in [0.2, 0.25) is 0 Å². The number of aryl methyl sites for hydroxylation is 2. The molecule has 0 saturated carbocycles. The van der Waals surface area contributed by atoms with E-state index >= 15 is 0 Å². The number of amides is 1. The molecular formula is C20H25N5O2S. The summed E-state index contributed by atoms with van der Waals surface area (Å²) < 4.78 is 8.57. The molecule has 28 heavy (non-hydrogen) atoms. The van der Waals surface area contributed by atoms with Gasteiger partial charge in [0.25, 0.3) is 5.91 Å². The topological polar surface area (TPSA) is 63.5 Å². The van der Waals surface area contributed by atoms with E-state index in [1.165, 1.54) is 0 Å². The van der Waals surface area contributed by atoms with Crippen LogP contribution >= 0.6 is 11.3 Å². The lowest BCUT2D eigenvalue weighted by Gasteiger charge is -2.34. The Hall–Kier alpha value is -2.61. The zero-order valence-corrected chi connectivity index (χ0v) is 17.3. The quantitative estimate of drug-likeness (QED) is 0.659. The molecule has 8 heteroatoms. The molecule has 1 aliphatic heterocycles. The number of fused-ring (bicyclic) bond motifs is 1. The van der Waals surface area contributed by atoms with Crippen molar-refractivity contribution in [3.05, 3.63) is 35.7 Å². The molecule has 4 rings (SSSR count). The van der Waals surface area contributed by atoms with Gasteiger partial charge in [0.15, 0.2) is 10.8 Å². The smallest absolute Gasteiger partial charge is 0.274 e. The molecule has 1 aliphatic rings. The second-order valence-corrected chi connectivity index (χ2v) is 7.83. The van der Waals surface area contributed by atoms with Crippen molar-refractivity contribution in [2.24, 2.45) is 0 Å². The average molecular weight is 400 g/mol. The van der Waals surface area contributed by atoms with Gasteiger partial charge in [0.05, 0.1) is 16.8 Å². The Morgan fingerprint density at radius 2 is 1.96 bits per heavy atom. The molecule has 0 radical (unpaired) electrons. The van der Waals surface area contributed by atoms with Gasteiger partial charge in [0.2, 0.25) is 0 Å². The lowest BCUT2D eigenvalue weighted by Crippen LogP contribution is -2.48. The molecule has 0 aliphatic carbocycles. The molecule has 1 aromatic carbocycles. The first-order chi connectivity index (χ1) is 13.6. The second-order valence-electron chi connectivity index (χ2n) is 6.82. The van der Waals surface area contributed by atoms with Gasteiger partial charge < -0.3 is 14.5 Å². The molecule has 1 fully saturated rings. The van der Waals surface area contributed by atoms with E-state index in [4.69, 9.17) is 9.72 Å². The van der Waals surface area contributed by atoms with E-state index in [0.29, 0.717) is 25.4 Å². The SMILES string of the molecule is CCOc1ccc2nc(N3CCN(C(=O)c4cc(C)n(CC)n4)CC3)sc2c1. The Bertz CT molecular complexity index is 988. The van der Waals surface area contributed by atoms with Crippen LogP contribution in [0.4, 0.5) is 5.13 Å². The highest BCUT2D eigenvalue weighted by molar-refractivity contribution is 7.22. The van der Waals surface area contributed by atoms with E-state index in [1.807, 2.05) is 54.6 Å². The normalized spacial score (nSPS) is 14.7. The van der Waals surface area contributed by atoms with Crippen molar-refractivity contribution < 1.29 is 9.53 Å². The Labute approximate surface area is 168 Å². The number of hydrogen-bond donors (Lipinski definition) is 0. The minimum absolute atomic E-state index is 0.0145. The Kier molecular flexibility index (Phi) is 5.21. The van der Waals surface area contributed by atoms with Crippen molar-refractivity contribution in [1.29, 1.82) is 0 Å². The predicted molar refractivity (Wildman–Crippen MR) is 112 cm³/mol. The molecule has 0 N–H and O–H groups in total. The van der Waals surface area contributed by atoms with Gasteiger partial charge in [-0.05, 0) is 45.0 Å². The van der Waals surface area contributed by atoms with Gasteiger partial charge in [-0.1, -0.05) is 11.3 Å². The third-order valence-electron chi connectivity index (χ3n) is 5.00. The van der Waals surface area contributed by atoms with Crippen molar-refractivity contribution in [1.82, 2.24) is 19.7 Å². The molecule has 0 atom stereocenters. The molecule has 0 spiro atoms. The first-order valence-electron chi connectivity index (χ1n) is 9.71. The predicted octanol–water partition coefficient (Wildman–Crippen LogP) is 3.18. The van der Waals surface area contributed by atoms with Crippen LogP contribution in [0.5, 0.6) is 5.75 Å². The summed E-state index contributed by atoms with van der Waals surface area (Å²) in [6.45, 7) is 10.3. The lowest BCUT2D eigenvalue weighted by atomic mass is 10.2. The lowest BCUT2D eigenvalue weighted by molar-refractivity contribution is 0.0740. The Balaban J connectivity index is 1.43. The molecule has 7 nitrogen and oxygen atoms in total. The van der Waals surface area contributed by atoms with E-state index in [1.54, 1.807) is 11.3 Å². The van der Waals surface area contributed by atoms with Gasteiger partial charge in [-0.2, -0.15) is 5.10 Å². The number of piperazine rings is 1. The fourth-order valence-corrected chi connectivity index (χ4v) is 4.53. The van der Waals surface area contributed by atoms with E-state index in [-0.39, 0.29) is 5.91 Å². The van der Waals surface area contributed by atoms with Crippen LogP contribution in [0, 0.1) is 6.92 Å². The van der Waals surface area contributed by atoms with Crippen LogP contribution in [-0.4, -0.2) is 58.4 Å². The zero-order valence-electron chi connectivity index (χ0n) is 16.5. The van der Waals surface area contributed by atoms with Gasteiger partial charge in [-0.3, -0.25) is 9.48 Å². The van der Waals surface area contributed by atoms with Crippen molar-refractivity contribution >= 4 is 32.6 Å². The summed E-state index contributed by atoms with van der Waals surface area (Å²) in [5, 5.41) is 5.42. The Morgan fingerprint density at radius 1 is 1.18 bits per heavy atom. The molecule has 1 saturated heterocycles. The molecular weight excluding hydrogens is 374 g/mol. The summed E-state index contributed by atoms with van der Waals surface area (Å²) in [4.78, 5) is 21.7. The molecule has 1 amide bonds. The highest BCUT2D eigenvalue weighted by atomic mass is 32.1. The van der Waals surface area contributed by atoms with Crippen LogP contribution in [0.1, 0.15) is 30.0 Å². The van der Waals surface area contributed by atoms with Crippen LogP contribution in [-0.2, 0) is 6.54 Å². The summed E-state index contributed by atoms with van der Waals surface area (Å²) in [5.74, 6) is 0.892. The number of carbonyl (C=O) groups excluding carboxylic acids is 1. The number of aromatic nitrogens is 3. The minimum Gasteiger partial charge on any atom is -0.494 e. The maximum Gasteiger partial charge on any atom is 0.274 e. The average Bonchev–Trinajstić information content (AvgIpc) is 3.30. The third-order valence-corrected chi connectivity index (χ3v) is 6.08. The summed E-state index contributed by atoms with van der Waals surface area (Å²) in [5.41, 5.74) is 2.55. The van der Waals surface area contributed by atoms with Gasteiger partial charge >= 0.3 is 0 Å². The summed E-state index contributed by atoms with van der Waals surface area (Å²) in [6, 6.07) is 7.89. The molecule has 3 heterocycles. The fraction of sp³-hybridized carbons (Fsp3) is 0.450. The monoisotopic (exact) mass is 399 g/mol. The number of anilines is 1. The van der Waals surface area contributed by atoms with Crippen molar-refractivity contribution in [3.8, 4) is 5.75 Å². The van der Waals surface area contributed by atoms with E-state index in [2.05, 4.69) is 10.00 Å². The number of ether oxygens (including phenoxy) is 1. The highest BCUT2D eigenvalue weighted by Gasteiger charge is 2.25. The van der Waals surface area contributed by atoms with Gasteiger partial charge in [-0.15, -0.1) is 0 Å². The first-order valence-corrected chi connectivity index (χ1v) is 10.5. The first kappa shape index (κ1) is 18.7. The number of nitrogens with zero attached hydrogens (tertiary/aromatic N) is 5. The van der Waals surface area contributed by atoms with Crippen molar-refractivity contribution in [2.75, 3.05) is 37.7 Å². The van der Waals surface area contributed by atoms with Gasteiger partial charge in [0.1, 0.15) is 5.75 Å². The summed E-state index contributed by atoms with van der Waals surface area (Å²) in [7, 11) is 0. The molecule has 2 aromatic heterocycles. The third kappa shape index (κ3) is 3.56. The summed E-state index contributed by atoms with van der Waals surface area (Å²) in [6.07, 6.45) is 0. The van der Waals surface area contributed by atoms with Crippen molar-refractivity contribution in [3.63, 3.8) is 0 Å². The Morgan fingerprint density at radius 3 is 2.64 bits per heavy atom. The van der Waals surface area contributed by atoms with E-state index in [0.717, 1.165) is 46.4 Å². The van der Waals surface area contributed by atoms with Gasteiger partial charge in [0, 0.05) is 38.4 Å². The van der Waals surface area contributed by atoms with E-state index < -0.39 is 0 Å². The van der Waals surface area contributed by atoms with Crippen LogP contribution in [0.25, 0.3) is 10.2 Å². The molecule has 0 bridgehead atoms. The van der Waals surface area contributed by atoms with Crippen LogP contribution in [0.15, 0.2) is 24.3 Å². The number of carbonyl (C=O) groups is 1. The van der Waals surface area contributed by atoms with Crippen LogP contribution < -0.4 is 9.64 Å². The second kappa shape index (κ2) is 7.79. The number of hydrogen-bond acceptors (Lipinski definition) is 6. The van der Waals surface area contributed by atoms with Crippen LogP contribution in [0.3, 0.4) is 0 Å². The van der Waals surface area contributed by atoms with Gasteiger partial charge in [-0.25, -0.2) is 4.98 Å². The molecule has 148 valence electrons. The fourth-order valence-electron chi connectivity index (χ4n) is 3.48. The number of benzene rings is 1. The van der Waals surface area contributed by atoms with Crippen molar-refractivity contribution in [2.45, 2.75) is 27.3 Å².